The van der Waals surface area contributed by atoms with E-state index >= 15 is 0 Å². The highest BCUT2D eigenvalue weighted by Crippen LogP contribution is 2.27. The van der Waals surface area contributed by atoms with Gasteiger partial charge in [-0.05, 0) is 29.3 Å². The summed E-state index contributed by atoms with van der Waals surface area (Å²) in [5.74, 6) is 0. The lowest BCUT2D eigenvalue weighted by molar-refractivity contribution is 0.833. The number of hydrogen-bond donors (Lipinski definition) is 0. The van der Waals surface area contributed by atoms with Crippen LogP contribution in [0, 0.1) is 22.7 Å². The van der Waals surface area contributed by atoms with Crippen molar-refractivity contribution in [3.05, 3.63) is 107 Å². The Bertz CT molecular complexity index is 1250. The maximum atomic E-state index is 9.66. The first-order valence-electron chi connectivity index (χ1n) is 9.03. The molecule has 0 aliphatic heterocycles. The zero-order valence-corrected chi connectivity index (χ0v) is 15.2. The quantitative estimate of drug-likeness (QED) is 0.444. The van der Waals surface area contributed by atoms with Gasteiger partial charge in [-0.3, -0.25) is 0 Å². The molecule has 0 bridgehead atoms. The van der Waals surface area contributed by atoms with E-state index < -0.39 is 0 Å². The van der Waals surface area contributed by atoms with Crippen LogP contribution in [0.2, 0.25) is 0 Å². The summed E-state index contributed by atoms with van der Waals surface area (Å²) in [6.45, 7) is 0.602. The van der Waals surface area contributed by atoms with Crippen molar-refractivity contribution in [2.24, 2.45) is 0 Å². The van der Waals surface area contributed by atoms with Crippen molar-refractivity contribution < 1.29 is 0 Å². The van der Waals surface area contributed by atoms with Gasteiger partial charge >= 0.3 is 0 Å². The molecule has 0 N–H and O–H groups in total. The summed E-state index contributed by atoms with van der Waals surface area (Å²) in [5.41, 5.74) is 5.25. The second-order valence-corrected chi connectivity index (χ2v) is 6.53. The third kappa shape index (κ3) is 3.30. The molecular weight excluding hydrogens is 342 g/mol. The summed E-state index contributed by atoms with van der Waals surface area (Å²) in [4.78, 5) is 0. The van der Waals surface area contributed by atoms with Gasteiger partial charge in [-0.1, -0.05) is 66.7 Å². The fourth-order valence-electron chi connectivity index (χ4n) is 3.43. The van der Waals surface area contributed by atoms with E-state index in [2.05, 4.69) is 35.0 Å². The van der Waals surface area contributed by atoms with Gasteiger partial charge in [-0.25, -0.2) is 0 Å². The zero-order chi connectivity index (χ0) is 19.3. The molecule has 0 aliphatic rings. The van der Waals surface area contributed by atoms with Crippen molar-refractivity contribution in [2.45, 2.75) is 6.54 Å². The van der Waals surface area contributed by atoms with Crippen LogP contribution in [0.4, 0.5) is 0 Å². The maximum absolute atomic E-state index is 9.66. The van der Waals surface area contributed by atoms with Crippen molar-refractivity contribution in [3.8, 4) is 12.1 Å². The van der Waals surface area contributed by atoms with Gasteiger partial charge in [0.1, 0.15) is 0 Å². The van der Waals surface area contributed by atoms with Crippen molar-refractivity contribution in [1.29, 1.82) is 10.5 Å². The third-order valence-corrected chi connectivity index (χ3v) is 4.80. The second kappa shape index (κ2) is 7.66. The SMILES string of the molecule is N#C/C(=C\c1cn(Cc2ccccc2C#N)c2ccccc12)c1ccccc1. The maximum Gasteiger partial charge on any atom is 0.0998 e. The number of fused-ring (bicyclic) bond motifs is 1. The summed E-state index contributed by atoms with van der Waals surface area (Å²) in [7, 11) is 0. The van der Waals surface area contributed by atoms with Crippen LogP contribution >= 0.6 is 0 Å². The lowest BCUT2D eigenvalue weighted by atomic mass is 10.0. The topological polar surface area (TPSA) is 52.5 Å². The lowest BCUT2D eigenvalue weighted by Gasteiger charge is -2.07. The van der Waals surface area contributed by atoms with Crippen LogP contribution in [0.1, 0.15) is 22.3 Å². The molecule has 0 aliphatic carbocycles. The average Bonchev–Trinajstić information content (AvgIpc) is 3.10. The highest BCUT2D eigenvalue weighted by molar-refractivity contribution is 5.98. The number of allylic oxidation sites excluding steroid dienone is 1. The van der Waals surface area contributed by atoms with Crippen molar-refractivity contribution in [3.63, 3.8) is 0 Å². The molecule has 0 atom stereocenters. The average molecular weight is 359 g/mol. The number of rotatable bonds is 4. The van der Waals surface area contributed by atoms with Crippen LogP contribution in [-0.2, 0) is 6.54 Å². The van der Waals surface area contributed by atoms with Crippen molar-refractivity contribution >= 4 is 22.6 Å². The number of benzene rings is 3. The van der Waals surface area contributed by atoms with E-state index in [1.54, 1.807) is 0 Å². The Morgan fingerprint density at radius 1 is 0.857 bits per heavy atom. The minimum absolute atomic E-state index is 0.602. The van der Waals surface area contributed by atoms with Crippen LogP contribution in [0.3, 0.4) is 0 Å². The normalized spacial score (nSPS) is 11.1. The molecule has 0 saturated carbocycles. The molecule has 0 radical (unpaired) electrons. The molecule has 0 unspecified atom stereocenters. The Kier molecular flexibility index (Phi) is 4.74. The Labute approximate surface area is 164 Å². The molecule has 3 aromatic carbocycles. The zero-order valence-electron chi connectivity index (χ0n) is 15.2. The van der Waals surface area contributed by atoms with Crippen LogP contribution in [-0.4, -0.2) is 4.57 Å². The predicted octanol–water partition coefficient (Wildman–Crippen LogP) is 5.63. The summed E-state index contributed by atoms with van der Waals surface area (Å²) in [6.07, 6.45) is 3.99. The van der Waals surface area contributed by atoms with Gasteiger partial charge in [-0.15, -0.1) is 0 Å². The molecule has 4 rings (SSSR count). The van der Waals surface area contributed by atoms with Gasteiger partial charge in [0.05, 0.1) is 23.3 Å². The molecule has 132 valence electrons. The fraction of sp³-hybridized carbons (Fsp3) is 0.0400. The molecule has 28 heavy (non-hydrogen) atoms. The van der Waals surface area contributed by atoms with Gasteiger partial charge in [0.15, 0.2) is 0 Å². The number of nitrogens with zero attached hydrogens (tertiary/aromatic N) is 3. The minimum Gasteiger partial charge on any atom is -0.342 e. The Morgan fingerprint density at radius 3 is 2.36 bits per heavy atom. The number of nitriles is 2. The lowest BCUT2D eigenvalue weighted by Crippen LogP contribution is -2.00. The van der Waals surface area contributed by atoms with Crippen molar-refractivity contribution in [2.75, 3.05) is 0 Å². The van der Waals surface area contributed by atoms with E-state index in [0.29, 0.717) is 17.7 Å². The first kappa shape index (κ1) is 17.3. The Balaban J connectivity index is 1.82. The second-order valence-electron chi connectivity index (χ2n) is 6.53. The number of hydrogen-bond acceptors (Lipinski definition) is 2. The fourth-order valence-corrected chi connectivity index (χ4v) is 3.43. The van der Waals surface area contributed by atoms with Crippen LogP contribution in [0.15, 0.2) is 85.1 Å². The molecule has 3 heteroatoms. The summed E-state index contributed by atoms with van der Waals surface area (Å²) in [5, 5.41) is 20.1. The molecule has 1 aromatic heterocycles. The predicted molar refractivity (Wildman–Crippen MR) is 112 cm³/mol. The van der Waals surface area contributed by atoms with E-state index in [-0.39, 0.29) is 0 Å². The molecule has 0 spiro atoms. The molecule has 0 fully saturated rings. The largest absolute Gasteiger partial charge is 0.342 e. The molecule has 4 aromatic rings. The van der Waals surface area contributed by atoms with Crippen LogP contribution in [0.5, 0.6) is 0 Å². The first-order chi connectivity index (χ1) is 13.8. The highest BCUT2D eigenvalue weighted by Gasteiger charge is 2.10. The van der Waals surface area contributed by atoms with Crippen LogP contribution < -0.4 is 0 Å². The van der Waals surface area contributed by atoms with Gasteiger partial charge in [-0.2, -0.15) is 10.5 Å². The molecule has 0 amide bonds. The standard InChI is InChI=1S/C25H17N3/c26-15-20-10-4-5-11-21(20)17-28-18-23(24-12-6-7-13-25(24)28)14-22(16-27)19-8-2-1-3-9-19/h1-14,18H,17H2/b22-14+. The molecular formula is C25H17N3. The minimum atomic E-state index is 0.602. The van der Waals surface area contributed by atoms with Crippen molar-refractivity contribution in [1.82, 2.24) is 4.57 Å². The van der Waals surface area contributed by atoms with Gasteiger partial charge in [0.2, 0.25) is 0 Å². The van der Waals surface area contributed by atoms with E-state index in [1.807, 2.05) is 72.8 Å². The summed E-state index contributed by atoms with van der Waals surface area (Å²) < 4.78 is 2.14. The van der Waals surface area contributed by atoms with Crippen LogP contribution in [0.25, 0.3) is 22.6 Å². The summed E-state index contributed by atoms with van der Waals surface area (Å²) >= 11 is 0. The Morgan fingerprint density at radius 2 is 1.57 bits per heavy atom. The van der Waals surface area contributed by atoms with E-state index in [1.165, 1.54) is 0 Å². The Hall–Kier alpha value is -4.08. The van der Waals surface area contributed by atoms with Gasteiger partial charge in [0.25, 0.3) is 0 Å². The summed E-state index contributed by atoms with van der Waals surface area (Å²) in [6, 6.07) is 30.1. The monoisotopic (exact) mass is 359 g/mol. The molecule has 1 heterocycles. The smallest absolute Gasteiger partial charge is 0.0998 e. The number of aromatic nitrogens is 1. The molecule has 3 nitrogen and oxygen atoms in total. The third-order valence-electron chi connectivity index (χ3n) is 4.80. The van der Waals surface area contributed by atoms with E-state index in [4.69, 9.17) is 0 Å². The van der Waals surface area contributed by atoms with E-state index in [0.717, 1.165) is 27.6 Å². The van der Waals surface area contributed by atoms with Gasteiger partial charge in [0, 0.05) is 29.2 Å². The van der Waals surface area contributed by atoms with Gasteiger partial charge < -0.3 is 4.57 Å². The number of para-hydroxylation sites is 1. The first-order valence-corrected chi connectivity index (χ1v) is 9.03. The molecule has 0 saturated heterocycles. The highest BCUT2D eigenvalue weighted by atomic mass is 15.0. The van der Waals surface area contributed by atoms with E-state index in [9.17, 15) is 10.5 Å².